The monoisotopic (exact) mass is 177 g/mol. The van der Waals surface area contributed by atoms with Crippen molar-refractivity contribution in [1.29, 1.82) is 0 Å². The highest BCUT2D eigenvalue weighted by Gasteiger charge is 2.07. The lowest BCUT2D eigenvalue weighted by molar-refractivity contribution is 0.422. The molecule has 0 spiro atoms. The first kappa shape index (κ1) is 7.98. The number of aryl methyl sites for hydroxylation is 1. The van der Waals surface area contributed by atoms with Crippen LogP contribution < -0.4 is 0 Å². The Morgan fingerprint density at radius 1 is 1.31 bits per heavy atom. The molecule has 0 aliphatic heterocycles. The van der Waals surface area contributed by atoms with Gasteiger partial charge in [-0.1, -0.05) is 16.8 Å². The van der Waals surface area contributed by atoms with Crippen molar-refractivity contribution in [2.24, 2.45) is 0 Å². The summed E-state index contributed by atoms with van der Waals surface area (Å²) < 4.78 is 17.9. The van der Waals surface area contributed by atoms with E-state index in [1.54, 1.807) is 18.2 Å². The molecule has 3 heteroatoms. The molecule has 0 amide bonds. The molecule has 0 radical (unpaired) electrons. The van der Waals surface area contributed by atoms with Crippen LogP contribution in [0.5, 0.6) is 0 Å². The molecule has 2 nitrogen and oxygen atoms in total. The van der Waals surface area contributed by atoms with Crippen LogP contribution in [0, 0.1) is 12.7 Å². The van der Waals surface area contributed by atoms with Crippen LogP contribution in [0.4, 0.5) is 4.39 Å². The van der Waals surface area contributed by atoms with E-state index in [1.807, 2.05) is 6.92 Å². The Hall–Kier alpha value is -1.64. The molecule has 0 unspecified atom stereocenters. The zero-order chi connectivity index (χ0) is 9.26. The maximum atomic E-state index is 13.3. The highest BCUT2D eigenvalue weighted by molar-refractivity contribution is 5.59. The molecule has 0 saturated carbocycles. The normalized spacial score (nSPS) is 10.3. The summed E-state index contributed by atoms with van der Waals surface area (Å²) in [6, 6.07) is 6.53. The minimum Gasteiger partial charge on any atom is -0.364 e. The second kappa shape index (κ2) is 3.01. The second-order valence-corrected chi connectivity index (χ2v) is 2.87. The number of benzene rings is 1. The Bertz CT molecular complexity index is 409. The fourth-order valence-corrected chi connectivity index (χ4v) is 1.19. The highest BCUT2D eigenvalue weighted by atomic mass is 19.1. The van der Waals surface area contributed by atoms with Crippen molar-refractivity contribution in [3.63, 3.8) is 0 Å². The van der Waals surface area contributed by atoms with E-state index in [1.165, 1.54) is 12.3 Å². The average Bonchev–Trinajstić information content (AvgIpc) is 2.61. The number of aromatic nitrogens is 1. The van der Waals surface area contributed by atoms with Crippen molar-refractivity contribution in [3.05, 3.63) is 41.9 Å². The standard InChI is InChI=1S/C10H8FNO/c1-7-2-3-9(11)8(6-7)10-4-5-13-12-10/h2-6H,1H3. The van der Waals surface area contributed by atoms with E-state index >= 15 is 0 Å². The molecule has 1 aromatic carbocycles. The summed E-state index contributed by atoms with van der Waals surface area (Å²) in [4.78, 5) is 0. The van der Waals surface area contributed by atoms with Crippen molar-refractivity contribution in [1.82, 2.24) is 5.16 Å². The van der Waals surface area contributed by atoms with Gasteiger partial charge in [0, 0.05) is 11.6 Å². The second-order valence-electron chi connectivity index (χ2n) is 2.87. The van der Waals surface area contributed by atoms with Crippen LogP contribution in [0.25, 0.3) is 11.3 Å². The molecule has 1 aromatic heterocycles. The zero-order valence-electron chi connectivity index (χ0n) is 7.12. The van der Waals surface area contributed by atoms with Gasteiger partial charge in [-0.3, -0.25) is 0 Å². The first-order chi connectivity index (χ1) is 6.27. The van der Waals surface area contributed by atoms with E-state index in [2.05, 4.69) is 9.68 Å². The van der Waals surface area contributed by atoms with Crippen LogP contribution >= 0.6 is 0 Å². The third kappa shape index (κ3) is 1.45. The van der Waals surface area contributed by atoms with Crippen LogP contribution in [0.15, 0.2) is 35.1 Å². The van der Waals surface area contributed by atoms with Gasteiger partial charge in [0.25, 0.3) is 0 Å². The van der Waals surface area contributed by atoms with Gasteiger partial charge in [-0.25, -0.2) is 4.39 Å². The predicted octanol–water partition coefficient (Wildman–Crippen LogP) is 2.79. The molecule has 2 rings (SSSR count). The topological polar surface area (TPSA) is 26.0 Å². The average molecular weight is 177 g/mol. The van der Waals surface area contributed by atoms with Gasteiger partial charge in [-0.05, 0) is 19.1 Å². The summed E-state index contributed by atoms with van der Waals surface area (Å²) in [5.41, 5.74) is 2.01. The van der Waals surface area contributed by atoms with Gasteiger partial charge in [-0.2, -0.15) is 0 Å². The van der Waals surface area contributed by atoms with Crippen LogP contribution in [-0.4, -0.2) is 5.16 Å². The quantitative estimate of drug-likeness (QED) is 0.669. The molecule has 0 atom stereocenters. The van der Waals surface area contributed by atoms with Crippen LogP contribution in [-0.2, 0) is 0 Å². The number of hydrogen-bond acceptors (Lipinski definition) is 2. The minimum atomic E-state index is -0.278. The summed E-state index contributed by atoms with van der Waals surface area (Å²) in [5, 5.41) is 3.67. The molecule has 0 aliphatic rings. The van der Waals surface area contributed by atoms with E-state index in [-0.39, 0.29) is 5.82 Å². The predicted molar refractivity (Wildman–Crippen MR) is 46.6 cm³/mol. The van der Waals surface area contributed by atoms with E-state index in [0.29, 0.717) is 11.3 Å². The molecule has 2 aromatic rings. The van der Waals surface area contributed by atoms with Gasteiger partial charge >= 0.3 is 0 Å². The Balaban J connectivity index is 2.57. The lowest BCUT2D eigenvalue weighted by Crippen LogP contribution is -1.85. The van der Waals surface area contributed by atoms with Gasteiger partial charge in [-0.15, -0.1) is 0 Å². The smallest absolute Gasteiger partial charge is 0.132 e. The van der Waals surface area contributed by atoms with Gasteiger partial charge in [0.15, 0.2) is 0 Å². The molecular weight excluding hydrogens is 169 g/mol. The van der Waals surface area contributed by atoms with Crippen molar-refractivity contribution in [2.45, 2.75) is 6.92 Å². The van der Waals surface area contributed by atoms with Crippen LogP contribution in [0.1, 0.15) is 5.56 Å². The number of nitrogens with zero attached hydrogens (tertiary/aromatic N) is 1. The van der Waals surface area contributed by atoms with Crippen molar-refractivity contribution in [2.75, 3.05) is 0 Å². The molecule has 1 heterocycles. The highest BCUT2D eigenvalue weighted by Crippen LogP contribution is 2.21. The third-order valence-corrected chi connectivity index (χ3v) is 1.84. The molecule has 66 valence electrons. The largest absolute Gasteiger partial charge is 0.364 e. The summed E-state index contributed by atoms with van der Waals surface area (Å²) in [6.07, 6.45) is 1.43. The Labute approximate surface area is 75.0 Å². The van der Waals surface area contributed by atoms with Crippen molar-refractivity contribution < 1.29 is 8.91 Å². The Morgan fingerprint density at radius 2 is 2.15 bits per heavy atom. The first-order valence-electron chi connectivity index (χ1n) is 3.94. The SMILES string of the molecule is Cc1ccc(F)c(-c2ccon2)c1. The molecule has 0 N–H and O–H groups in total. The maximum absolute atomic E-state index is 13.3. The van der Waals surface area contributed by atoms with E-state index < -0.39 is 0 Å². The lowest BCUT2D eigenvalue weighted by Gasteiger charge is -1.99. The van der Waals surface area contributed by atoms with E-state index in [4.69, 9.17) is 0 Å². The summed E-state index contributed by atoms with van der Waals surface area (Å²) in [5.74, 6) is -0.278. The van der Waals surface area contributed by atoms with Gasteiger partial charge in [0.1, 0.15) is 17.8 Å². The molecule has 0 aliphatic carbocycles. The van der Waals surface area contributed by atoms with Crippen LogP contribution in [0.2, 0.25) is 0 Å². The maximum Gasteiger partial charge on any atom is 0.132 e. The molecule has 0 fully saturated rings. The Kier molecular flexibility index (Phi) is 1.85. The molecular formula is C10H8FNO. The Morgan fingerprint density at radius 3 is 2.85 bits per heavy atom. The first-order valence-corrected chi connectivity index (χ1v) is 3.94. The van der Waals surface area contributed by atoms with Crippen molar-refractivity contribution in [3.8, 4) is 11.3 Å². The fraction of sp³-hybridized carbons (Fsp3) is 0.100. The van der Waals surface area contributed by atoms with Gasteiger partial charge in [0.2, 0.25) is 0 Å². The van der Waals surface area contributed by atoms with Gasteiger partial charge in [0.05, 0.1) is 0 Å². The summed E-state index contributed by atoms with van der Waals surface area (Å²) in [7, 11) is 0. The van der Waals surface area contributed by atoms with E-state index in [9.17, 15) is 4.39 Å². The summed E-state index contributed by atoms with van der Waals surface area (Å²) >= 11 is 0. The third-order valence-electron chi connectivity index (χ3n) is 1.84. The van der Waals surface area contributed by atoms with Gasteiger partial charge < -0.3 is 4.52 Å². The van der Waals surface area contributed by atoms with Crippen LogP contribution in [0.3, 0.4) is 0 Å². The summed E-state index contributed by atoms with van der Waals surface area (Å²) in [6.45, 7) is 1.91. The molecule has 0 saturated heterocycles. The zero-order valence-corrected chi connectivity index (χ0v) is 7.12. The number of hydrogen-bond donors (Lipinski definition) is 0. The lowest BCUT2D eigenvalue weighted by atomic mass is 10.1. The number of halogens is 1. The minimum absolute atomic E-state index is 0.278. The fourth-order valence-electron chi connectivity index (χ4n) is 1.19. The van der Waals surface area contributed by atoms with E-state index in [0.717, 1.165) is 5.56 Å². The van der Waals surface area contributed by atoms with Crippen molar-refractivity contribution >= 4 is 0 Å². The number of rotatable bonds is 1. The molecule has 13 heavy (non-hydrogen) atoms. The molecule has 0 bridgehead atoms.